The first kappa shape index (κ1) is 16.7. The molecule has 2 N–H and O–H groups in total. The van der Waals surface area contributed by atoms with Gasteiger partial charge in [0.25, 0.3) is 5.91 Å². The van der Waals surface area contributed by atoms with Crippen LogP contribution < -0.4 is 10.6 Å². The van der Waals surface area contributed by atoms with E-state index >= 15 is 0 Å². The summed E-state index contributed by atoms with van der Waals surface area (Å²) in [6, 6.07) is 8.98. The van der Waals surface area contributed by atoms with Crippen LogP contribution in [-0.4, -0.2) is 21.9 Å². The summed E-state index contributed by atoms with van der Waals surface area (Å²) in [5.41, 5.74) is 1.03. The van der Waals surface area contributed by atoms with E-state index in [1.54, 1.807) is 36.5 Å². The van der Waals surface area contributed by atoms with E-state index in [4.69, 9.17) is 11.6 Å². The fraction of sp³-hybridized carbons (Fsp3) is 0.389. The summed E-state index contributed by atoms with van der Waals surface area (Å²) in [6.45, 7) is 0. The van der Waals surface area contributed by atoms with E-state index in [2.05, 4.69) is 20.6 Å². The van der Waals surface area contributed by atoms with E-state index in [1.807, 2.05) is 0 Å². The molecule has 3 rings (SSSR count). The monoisotopic (exact) mass is 344 g/mol. The van der Waals surface area contributed by atoms with Crippen molar-refractivity contribution >= 4 is 29.1 Å². The number of benzene rings is 1. The van der Waals surface area contributed by atoms with Crippen LogP contribution in [0.3, 0.4) is 0 Å². The molecule has 6 heteroatoms. The van der Waals surface area contributed by atoms with Crippen molar-refractivity contribution in [3.8, 4) is 0 Å². The Hall–Kier alpha value is -2.14. The average molecular weight is 345 g/mol. The Morgan fingerprint density at radius 3 is 2.46 bits per heavy atom. The molecule has 0 unspecified atom stereocenters. The van der Waals surface area contributed by atoms with Gasteiger partial charge in [0.2, 0.25) is 5.95 Å². The molecular weight excluding hydrogens is 324 g/mol. The number of nitrogens with zero attached hydrogens (tertiary/aromatic N) is 2. The molecule has 1 aliphatic carbocycles. The van der Waals surface area contributed by atoms with Crippen molar-refractivity contribution in [1.82, 2.24) is 9.97 Å². The molecule has 126 valence electrons. The standard InChI is InChI=1S/C18H21ClN4O/c19-13-7-9-15(10-8-13)21-17(24)16-11-12-20-18(23-16)22-14-5-3-1-2-4-6-14/h7-12,14H,1-6H2,(H,21,24)(H,20,22,23). The van der Waals surface area contributed by atoms with Crippen LogP contribution in [0.25, 0.3) is 0 Å². The highest BCUT2D eigenvalue weighted by Crippen LogP contribution is 2.20. The summed E-state index contributed by atoms with van der Waals surface area (Å²) >= 11 is 5.85. The molecule has 1 aromatic carbocycles. The maximum atomic E-state index is 12.3. The second-order valence-corrected chi connectivity index (χ2v) is 6.50. The second-order valence-electron chi connectivity index (χ2n) is 6.06. The van der Waals surface area contributed by atoms with Crippen LogP contribution in [0.15, 0.2) is 36.5 Å². The molecular formula is C18H21ClN4O. The number of carbonyl (C=O) groups excluding carboxylic acids is 1. The van der Waals surface area contributed by atoms with Gasteiger partial charge in [0, 0.05) is 22.9 Å². The molecule has 24 heavy (non-hydrogen) atoms. The Balaban J connectivity index is 1.65. The van der Waals surface area contributed by atoms with E-state index in [0.29, 0.717) is 28.4 Å². The highest BCUT2D eigenvalue weighted by molar-refractivity contribution is 6.30. The van der Waals surface area contributed by atoms with Crippen molar-refractivity contribution in [2.45, 2.75) is 44.6 Å². The van der Waals surface area contributed by atoms with Gasteiger partial charge in [-0.15, -0.1) is 0 Å². The van der Waals surface area contributed by atoms with Gasteiger partial charge in [-0.3, -0.25) is 4.79 Å². The third-order valence-corrected chi connectivity index (χ3v) is 4.43. The minimum atomic E-state index is -0.261. The molecule has 1 amide bonds. The summed E-state index contributed by atoms with van der Waals surface area (Å²) in [5, 5.41) is 6.81. The molecule has 0 aliphatic heterocycles. The molecule has 5 nitrogen and oxygen atoms in total. The van der Waals surface area contributed by atoms with Crippen molar-refractivity contribution in [3.63, 3.8) is 0 Å². The number of hydrogen-bond acceptors (Lipinski definition) is 4. The Kier molecular flexibility index (Phi) is 5.64. The van der Waals surface area contributed by atoms with Crippen molar-refractivity contribution < 1.29 is 4.79 Å². The fourth-order valence-corrected chi connectivity index (χ4v) is 3.02. The van der Waals surface area contributed by atoms with Gasteiger partial charge in [0.05, 0.1) is 0 Å². The van der Waals surface area contributed by atoms with E-state index in [-0.39, 0.29) is 5.91 Å². The van der Waals surface area contributed by atoms with Crippen LogP contribution in [0.4, 0.5) is 11.6 Å². The molecule has 0 saturated heterocycles. The van der Waals surface area contributed by atoms with Crippen molar-refractivity contribution in [2.24, 2.45) is 0 Å². The zero-order chi connectivity index (χ0) is 16.8. The van der Waals surface area contributed by atoms with Crippen molar-refractivity contribution in [1.29, 1.82) is 0 Å². The highest BCUT2D eigenvalue weighted by atomic mass is 35.5. The van der Waals surface area contributed by atoms with Gasteiger partial charge in [0.1, 0.15) is 5.69 Å². The van der Waals surface area contributed by atoms with Crippen LogP contribution in [0.5, 0.6) is 0 Å². The SMILES string of the molecule is O=C(Nc1ccc(Cl)cc1)c1ccnc(NC2CCCCCC2)n1. The average Bonchev–Trinajstić information content (AvgIpc) is 2.86. The first-order chi connectivity index (χ1) is 11.7. The van der Waals surface area contributed by atoms with E-state index in [0.717, 1.165) is 12.8 Å². The summed E-state index contributed by atoms with van der Waals surface area (Å²) in [6.07, 6.45) is 8.92. The normalized spacial score (nSPS) is 15.5. The lowest BCUT2D eigenvalue weighted by atomic mass is 10.1. The number of nitrogens with one attached hydrogen (secondary N) is 2. The van der Waals surface area contributed by atoms with Crippen LogP contribution in [0.1, 0.15) is 49.0 Å². The molecule has 1 aliphatic rings. The summed E-state index contributed by atoms with van der Waals surface area (Å²) in [5.74, 6) is 0.259. The minimum Gasteiger partial charge on any atom is -0.351 e. The molecule has 0 bridgehead atoms. The minimum absolute atomic E-state index is 0.261. The van der Waals surface area contributed by atoms with E-state index < -0.39 is 0 Å². The molecule has 1 heterocycles. The number of rotatable bonds is 4. The predicted molar refractivity (Wildman–Crippen MR) is 96.5 cm³/mol. The van der Waals surface area contributed by atoms with Gasteiger partial charge in [-0.25, -0.2) is 9.97 Å². The Labute approximate surface area is 146 Å². The summed E-state index contributed by atoms with van der Waals surface area (Å²) in [4.78, 5) is 20.9. The summed E-state index contributed by atoms with van der Waals surface area (Å²) < 4.78 is 0. The number of anilines is 2. The van der Waals surface area contributed by atoms with E-state index in [1.165, 1.54) is 25.7 Å². The number of hydrogen-bond donors (Lipinski definition) is 2. The maximum Gasteiger partial charge on any atom is 0.274 e. The Morgan fingerprint density at radius 1 is 1.04 bits per heavy atom. The van der Waals surface area contributed by atoms with Crippen LogP contribution >= 0.6 is 11.6 Å². The number of aromatic nitrogens is 2. The first-order valence-electron chi connectivity index (χ1n) is 8.37. The zero-order valence-corrected chi connectivity index (χ0v) is 14.2. The molecule has 1 saturated carbocycles. The quantitative estimate of drug-likeness (QED) is 0.800. The van der Waals surface area contributed by atoms with Gasteiger partial charge >= 0.3 is 0 Å². The smallest absolute Gasteiger partial charge is 0.274 e. The third kappa shape index (κ3) is 4.68. The fourth-order valence-electron chi connectivity index (χ4n) is 2.89. The van der Waals surface area contributed by atoms with Crippen LogP contribution in [-0.2, 0) is 0 Å². The molecule has 2 aromatic rings. The number of amides is 1. The van der Waals surface area contributed by atoms with Gasteiger partial charge < -0.3 is 10.6 Å². The lowest BCUT2D eigenvalue weighted by molar-refractivity contribution is 0.102. The van der Waals surface area contributed by atoms with Gasteiger partial charge in [0.15, 0.2) is 0 Å². The topological polar surface area (TPSA) is 66.9 Å². The highest BCUT2D eigenvalue weighted by Gasteiger charge is 2.14. The number of halogens is 1. The summed E-state index contributed by atoms with van der Waals surface area (Å²) in [7, 11) is 0. The lowest BCUT2D eigenvalue weighted by Gasteiger charge is -2.16. The predicted octanol–water partition coefficient (Wildman–Crippen LogP) is 4.52. The number of carbonyl (C=O) groups is 1. The van der Waals surface area contributed by atoms with Gasteiger partial charge in [-0.05, 0) is 43.2 Å². The van der Waals surface area contributed by atoms with Crippen molar-refractivity contribution in [3.05, 3.63) is 47.2 Å². The second kappa shape index (κ2) is 8.11. The van der Waals surface area contributed by atoms with Crippen molar-refractivity contribution in [2.75, 3.05) is 10.6 Å². The third-order valence-electron chi connectivity index (χ3n) is 4.18. The van der Waals surface area contributed by atoms with E-state index in [9.17, 15) is 4.79 Å². The maximum absolute atomic E-state index is 12.3. The zero-order valence-electron chi connectivity index (χ0n) is 13.5. The van der Waals surface area contributed by atoms with Gasteiger partial charge in [-0.1, -0.05) is 37.3 Å². The van der Waals surface area contributed by atoms with Gasteiger partial charge in [-0.2, -0.15) is 0 Å². The molecule has 1 fully saturated rings. The largest absolute Gasteiger partial charge is 0.351 e. The lowest BCUT2D eigenvalue weighted by Crippen LogP contribution is -2.21. The molecule has 0 radical (unpaired) electrons. The molecule has 1 aromatic heterocycles. The Bertz CT molecular complexity index is 682. The van der Waals surface area contributed by atoms with Crippen LogP contribution in [0, 0.1) is 0 Å². The molecule has 0 atom stereocenters. The Morgan fingerprint density at radius 2 is 1.75 bits per heavy atom. The van der Waals surface area contributed by atoms with Crippen LogP contribution in [0.2, 0.25) is 5.02 Å². The first-order valence-corrected chi connectivity index (χ1v) is 8.75. The molecule has 0 spiro atoms.